The number of aryl methyl sites for hydroxylation is 1. The summed E-state index contributed by atoms with van der Waals surface area (Å²) in [7, 11) is 0. The summed E-state index contributed by atoms with van der Waals surface area (Å²) in [5, 5.41) is 0. The van der Waals surface area contributed by atoms with Crippen LogP contribution >= 0.6 is 0 Å². The number of benzene rings is 1. The van der Waals surface area contributed by atoms with E-state index < -0.39 is 11.7 Å². The molecule has 1 fully saturated rings. The van der Waals surface area contributed by atoms with E-state index >= 15 is 0 Å². The van der Waals surface area contributed by atoms with Crippen molar-refractivity contribution >= 4 is 16.9 Å². The van der Waals surface area contributed by atoms with Crippen molar-refractivity contribution in [1.82, 2.24) is 19.4 Å². The first kappa shape index (κ1) is 19.5. The molecule has 29 heavy (non-hydrogen) atoms. The van der Waals surface area contributed by atoms with Gasteiger partial charge in [-0.2, -0.15) is 13.2 Å². The minimum Gasteiger partial charge on any atom is -0.354 e. The molecule has 3 aromatic rings. The van der Waals surface area contributed by atoms with Crippen LogP contribution in [-0.2, 0) is 12.7 Å². The van der Waals surface area contributed by atoms with Gasteiger partial charge in [-0.15, -0.1) is 0 Å². The molecule has 0 atom stereocenters. The molecule has 0 unspecified atom stereocenters. The average molecular weight is 405 g/mol. The zero-order chi connectivity index (χ0) is 20.4. The first-order chi connectivity index (χ1) is 13.9. The standard InChI is InChI=1S/C20H22F3N5O/c21-20(22,23)15-6-7-18(24-14-15)27-12-10-26(11-13-27)8-3-9-28-17-5-2-1-4-16(17)25-19(28)29/h1-2,4-7,14H,3,8-13H2,(H,25,29). The lowest BCUT2D eigenvalue weighted by molar-refractivity contribution is -0.137. The van der Waals surface area contributed by atoms with E-state index in [0.717, 1.165) is 49.4 Å². The molecular weight excluding hydrogens is 383 g/mol. The lowest BCUT2D eigenvalue weighted by Crippen LogP contribution is -2.47. The van der Waals surface area contributed by atoms with E-state index in [1.165, 1.54) is 6.07 Å². The van der Waals surface area contributed by atoms with Crippen LogP contribution in [0.25, 0.3) is 11.0 Å². The van der Waals surface area contributed by atoms with Gasteiger partial charge < -0.3 is 9.88 Å². The van der Waals surface area contributed by atoms with Crippen LogP contribution in [0.5, 0.6) is 0 Å². The van der Waals surface area contributed by atoms with Crippen LogP contribution in [0, 0.1) is 0 Å². The number of aromatic nitrogens is 3. The molecule has 6 nitrogen and oxygen atoms in total. The Labute approximate surface area is 165 Å². The quantitative estimate of drug-likeness (QED) is 0.709. The molecular formula is C20H22F3N5O. The molecule has 1 N–H and O–H groups in total. The van der Waals surface area contributed by atoms with Gasteiger partial charge >= 0.3 is 11.9 Å². The van der Waals surface area contributed by atoms with Crippen molar-refractivity contribution in [2.45, 2.75) is 19.1 Å². The third-order valence-electron chi connectivity index (χ3n) is 5.31. The highest BCUT2D eigenvalue weighted by Crippen LogP contribution is 2.29. The largest absolute Gasteiger partial charge is 0.417 e. The maximum Gasteiger partial charge on any atom is 0.417 e. The summed E-state index contributed by atoms with van der Waals surface area (Å²) in [6, 6.07) is 10.1. The van der Waals surface area contributed by atoms with E-state index in [1.54, 1.807) is 4.57 Å². The fourth-order valence-corrected chi connectivity index (χ4v) is 3.72. The van der Waals surface area contributed by atoms with Gasteiger partial charge in [-0.05, 0) is 37.2 Å². The van der Waals surface area contributed by atoms with E-state index in [-0.39, 0.29) is 5.69 Å². The van der Waals surface area contributed by atoms with Gasteiger partial charge in [-0.1, -0.05) is 12.1 Å². The summed E-state index contributed by atoms with van der Waals surface area (Å²) >= 11 is 0. The SMILES string of the molecule is O=c1[nH]c2ccccc2n1CCCN1CCN(c2ccc(C(F)(F)F)cn2)CC1. The second-order valence-electron chi connectivity index (χ2n) is 7.18. The molecule has 1 aromatic carbocycles. The van der Waals surface area contributed by atoms with Crippen LogP contribution in [0.3, 0.4) is 0 Å². The Hall–Kier alpha value is -2.81. The molecule has 3 heterocycles. The predicted octanol–water partition coefficient (Wildman–Crippen LogP) is 2.96. The van der Waals surface area contributed by atoms with E-state index in [2.05, 4.69) is 14.9 Å². The molecule has 0 saturated carbocycles. The summed E-state index contributed by atoms with van der Waals surface area (Å²) in [4.78, 5) is 23.3. The van der Waals surface area contributed by atoms with Crippen molar-refractivity contribution in [1.29, 1.82) is 0 Å². The summed E-state index contributed by atoms with van der Waals surface area (Å²) in [6.45, 7) is 4.55. The molecule has 1 saturated heterocycles. The van der Waals surface area contributed by atoms with Gasteiger partial charge in [0.1, 0.15) is 5.82 Å². The highest BCUT2D eigenvalue weighted by atomic mass is 19.4. The van der Waals surface area contributed by atoms with Crippen LogP contribution < -0.4 is 10.6 Å². The van der Waals surface area contributed by atoms with Gasteiger partial charge in [-0.3, -0.25) is 9.47 Å². The van der Waals surface area contributed by atoms with Crippen molar-refractivity contribution in [2.24, 2.45) is 0 Å². The maximum atomic E-state index is 12.7. The average Bonchev–Trinajstić information content (AvgIpc) is 3.03. The summed E-state index contributed by atoms with van der Waals surface area (Å²) < 4.78 is 39.7. The monoisotopic (exact) mass is 405 g/mol. The zero-order valence-electron chi connectivity index (χ0n) is 15.8. The number of anilines is 1. The number of para-hydroxylation sites is 2. The second-order valence-corrected chi connectivity index (χ2v) is 7.18. The highest BCUT2D eigenvalue weighted by molar-refractivity contribution is 5.74. The van der Waals surface area contributed by atoms with Gasteiger partial charge in [0, 0.05) is 38.9 Å². The molecule has 1 aliphatic heterocycles. The normalized spacial score (nSPS) is 15.9. The van der Waals surface area contributed by atoms with Crippen LogP contribution in [0.4, 0.5) is 19.0 Å². The number of aromatic amines is 1. The van der Waals surface area contributed by atoms with E-state index in [9.17, 15) is 18.0 Å². The number of H-pyrrole nitrogens is 1. The molecule has 4 rings (SSSR count). The van der Waals surface area contributed by atoms with E-state index in [1.807, 2.05) is 29.2 Å². The predicted molar refractivity (Wildman–Crippen MR) is 105 cm³/mol. The lowest BCUT2D eigenvalue weighted by Gasteiger charge is -2.35. The molecule has 0 amide bonds. The first-order valence-electron chi connectivity index (χ1n) is 9.60. The number of hydrogen-bond donors (Lipinski definition) is 1. The summed E-state index contributed by atoms with van der Waals surface area (Å²) in [5.41, 5.74) is 0.933. The maximum absolute atomic E-state index is 12.7. The minimum atomic E-state index is -4.36. The smallest absolute Gasteiger partial charge is 0.354 e. The van der Waals surface area contributed by atoms with Gasteiger partial charge in [0.15, 0.2) is 0 Å². The van der Waals surface area contributed by atoms with Crippen molar-refractivity contribution < 1.29 is 13.2 Å². The van der Waals surface area contributed by atoms with E-state index in [4.69, 9.17) is 0 Å². The van der Waals surface area contributed by atoms with Crippen LogP contribution in [-0.4, -0.2) is 52.2 Å². The first-order valence-corrected chi connectivity index (χ1v) is 9.60. The molecule has 0 spiro atoms. The zero-order valence-corrected chi connectivity index (χ0v) is 15.8. The molecule has 0 bridgehead atoms. The van der Waals surface area contributed by atoms with Crippen molar-refractivity contribution in [3.63, 3.8) is 0 Å². The number of hydrogen-bond acceptors (Lipinski definition) is 4. The van der Waals surface area contributed by atoms with Gasteiger partial charge in [0.05, 0.1) is 16.6 Å². The lowest BCUT2D eigenvalue weighted by atomic mass is 10.2. The molecule has 154 valence electrons. The number of imidazole rings is 1. The Balaban J connectivity index is 1.28. The molecule has 9 heteroatoms. The van der Waals surface area contributed by atoms with Crippen molar-refractivity contribution in [3.8, 4) is 0 Å². The van der Waals surface area contributed by atoms with Crippen LogP contribution in [0.2, 0.25) is 0 Å². The molecule has 0 radical (unpaired) electrons. The Bertz CT molecular complexity index is 1020. The fraction of sp³-hybridized carbons (Fsp3) is 0.400. The summed E-state index contributed by atoms with van der Waals surface area (Å²) in [5.74, 6) is 0.572. The number of alkyl halides is 3. The van der Waals surface area contributed by atoms with Crippen LogP contribution in [0.1, 0.15) is 12.0 Å². The second kappa shape index (κ2) is 7.90. The number of nitrogens with one attached hydrogen (secondary N) is 1. The van der Waals surface area contributed by atoms with Gasteiger partial charge in [0.2, 0.25) is 0 Å². The number of pyridine rings is 1. The van der Waals surface area contributed by atoms with Gasteiger partial charge in [-0.25, -0.2) is 9.78 Å². The molecule has 0 aliphatic carbocycles. The number of halogens is 3. The Kier molecular flexibility index (Phi) is 5.31. The Morgan fingerprint density at radius 3 is 2.45 bits per heavy atom. The molecule has 1 aliphatic rings. The third kappa shape index (κ3) is 4.29. The fourth-order valence-electron chi connectivity index (χ4n) is 3.72. The number of rotatable bonds is 5. The van der Waals surface area contributed by atoms with E-state index in [0.29, 0.717) is 25.5 Å². The third-order valence-corrected chi connectivity index (χ3v) is 5.31. The van der Waals surface area contributed by atoms with Gasteiger partial charge in [0.25, 0.3) is 0 Å². The summed E-state index contributed by atoms with van der Waals surface area (Å²) in [6.07, 6.45) is -2.63. The Morgan fingerprint density at radius 2 is 1.76 bits per heavy atom. The Morgan fingerprint density at radius 1 is 1.00 bits per heavy atom. The van der Waals surface area contributed by atoms with Crippen molar-refractivity contribution in [3.05, 3.63) is 58.6 Å². The number of piperazine rings is 1. The highest BCUT2D eigenvalue weighted by Gasteiger charge is 2.31. The minimum absolute atomic E-state index is 0.0932. The number of fused-ring (bicyclic) bond motifs is 1. The van der Waals surface area contributed by atoms with Crippen LogP contribution in [0.15, 0.2) is 47.4 Å². The molecule has 2 aromatic heterocycles. The van der Waals surface area contributed by atoms with Crippen molar-refractivity contribution in [2.75, 3.05) is 37.6 Å². The number of nitrogens with zero attached hydrogens (tertiary/aromatic N) is 4. The topological polar surface area (TPSA) is 57.2 Å².